The van der Waals surface area contributed by atoms with Gasteiger partial charge in [0, 0.05) is 16.7 Å². The molecule has 0 amide bonds. The predicted molar refractivity (Wildman–Crippen MR) is 83.9 cm³/mol. The molecular weight excluding hydrogens is 302 g/mol. The van der Waals surface area contributed by atoms with Crippen LogP contribution >= 0.6 is 15.9 Å². The van der Waals surface area contributed by atoms with Crippen molar-refractivity contribution in [2.24, 2.45) is 0 Å². The molecule has 100 valence electrons. The zero-order valence-electron chi connectivity index (χ0n) is 11.2. The van der Waals surface area contributed by atoms with E-state index in [0.29, 0.717) is 0 Å². The molecule has 0 spiro atoms. The van der Waals surface area contributed by atoms with E-state index in [0.717, 1.165) is 22.3 Å². The van der Waals surface area contributed by atoms with Crippen molar-refractivity contribution < 1.29 is 5.11 Å². The van der Waals surface area contributed by atoms with E-state index in [-0.39, 0.29) is 6.61 Å². The number of para-hydroxylation sites is 1. The van der Waals surface area contributed by atoms with Crippen LogP contribution in [0.2, 0.25) is 0 Å². The average molecular weight is 320 g/mol. The lowest BCUT2D eigenvalue weighted by Crippen LogP contribution is -2.17. The molecule has 0 atom stereocenters. The van der Waals surface area contributed by atoms with Crippen LogP contribution in [0.5, 0.6) is 0 Å². The normalized spacial score (nSPS) is 10.5. The molecule has 0 saturated carbocycles. The number of halogens is 1. The summed E-state index contributed by atoms with van der Waals surface area (Å²) in [5.41, 5.74) is 4.50. The Kier molecular flexibility index (Phi) is 4.61. The van der Waals surface area contributed by atoms with Crippen LogP contribution in [0.15, 0.2) is 46.9 Å². The fourth-order valence-electron chi connectivity index (χ4n) is 2.20. The van der Waals surface area contributed by atoms with Crippen molar-refractivity contribution in [2.75, 3.05) is 11.4 Å². The van der Waals surface area contributed by atoms with E-state index < -0.39 is 0 Å². The molecule has 0 unspecified atom stereocenters. The third kappa shape index (κ3) is 2.99. The van der Waals surface area contributed by atoms with Gasteiger partial charge in [-0.3, -0.25) is 0 Å². The number of hydrogen-bond acceptors (Lipinski definition) is 2. The first kappa shape index (κ1) is 14.1. The highest BCUT2D eigenvalue weighted by atomic mass is 79.9. The summed E-state index contributed by atoms with van der Waals surface area (Å²) in [7, 11) is 0. The van der Waals surface area contributed by atoms with E-state index >= 15 is 0 Å². The van der Waals surface area contributed by atoms with Crippen LogP contribution in [-0.4, -0.2) is 11.7 Å². The Hall–Kier alpha value is -1.32. The van der Waals surface area contributed by atoms with Crippen LogP contribution in [0, 0.1) is 6.92 Å². The Bertz CT molecular complexity index is 568. The Morgan fingerprint density at radius 1 is 1.11 bits per heavy atom. The van der Waals surface area contributed by atoms with Crippen molar-refractivity contribution in [3.8, 4) is 0 Å². The quantitative estimate of drug-likeness (QED) is 0.902. The molecule has 0 saturated heterocycles. The van der Waals surface area contributed by atoms with Gasteiger partial charge in [-0.25, -0.2) is 0 Å². The summed E-state index contributed by atoms with van der Waals surface area (Å²) >= 11 is 3.60. The topological polar surface area (TPSA) is 23.5 Å². The number of aryl methyl sites for hydroxylation is 1. The number of benzene rings is 2. The number of aliphatic hydroxyl groups excluding tert-OH is 1. The van der Waals surface area contributed by atoms with Crippen LogP contribution in [0.3, 0.4) is 0 Å². The van der Waals surface area contributed by atoms with E-state index in [1.54, 1.807) is 0 Å². The van der Waals surface area contributed by atoms with Gasteiger partial charge in [0.25, 0.3) is 0 Å². The number of anilines is 2. The molecule has 0 aliphatic rings. The molecule has 0 heterocycles. The molecule has 0 aromatic heterocycles. The van der Waals surface area contributed by atoms with Crippen molar-refractivity contribution in [2.45, 2.75) is 20.5 Å². The van der Waals surface area contributed by atoms with Gasteiger partial charge in [-0.2, -0.15) is 0 Å². The zero-order valence-corrected chi connectivity index (χ0v) is 12.8. The maximum absolute atomic E-state index is 9.18. The second-order valence-electron chi connectivity index (χ2n) is 4.47. The van der Waals surface area contributed by atoms with Gasteiger partial charge in [0.05, 0.1) is 12.3 Å². The van der Waals surface area contributed by atoms with Crippen molar-refractivity contribution in [1.82, 2.24) is 0 Å². The fourth-order valence-corrected chi connectivity index (χ4v) is 2.84. The molecule has 0 aliphatic heterocycles. The number of nitrogens with zero attached hydrogens (tertiary/aromatic N) is 1. The smallest absolute Gasteiger partial charge is 0.0682 e. The Morgan fingerprint density at radius 2 is 1.84 bits per heavy atom. The summed E-state index contributed by atoms with van der Waals surface area (Å²) in [6.45, 7) is 5.21. The van der Waals surface area contributed by atoms with Gasteiger partial charge < -0.3 is 10.0 Å². The molecule has 0 aliphatic carbocycles. The Balaban J connectivity index is 2.46. The van der Waals surface area contributed by atoms with Gasteiger partial charge in [0.15, 0.2) is 0 Å². The van der Waals surface area contributed by atoms with E-state index in [1.807, 2.05) is 18.2 Å². The molecular formula is C16H18BrNO. The SMILES string of the molecule is CCN(c1ccccc1C)c1ccc(CO)cc1Br. The highest BCUT2D eigenvalue weighted by molar-refractivity contribution is 9.10. The maximum atomic E-state index is 9.18. The Morgan fingerprint density at radius 3 is 2.42 bits per heavy atom. The van der Waals surface area contributed by atoms with Crippen LogP contribution in [-0.2, 0) is 6.61 Å². The van der Waals surface area contributed by atoms with Crippen LogP contribution in [0.25, 0.3) is 0 Å². The highest BCUT2D eigenvalue weighted by Crippen LogP contribution is 2.34. The largest absolute Gasteiger partial charge is 0.392 e. The summed E-state index contributed by atoms with van der Waals surface area (Å²) in [5, 5.41) is 9.18. The second-order valence-corrected chi connectivity index (χ2v) is 5.33. The van der Waals surface area contributed by atoms with Crippen LogP contribution in [0.1, 0.15) is 18.1 Å². The van der Waals surface area contributed by atoms with Crippen LogP contribution < -0.4 is 4.90 Å². The molecule has 0 radical (unpaired) electrons. The summed E-state index contributed by atoms with van der Waals surface area (Å²) in [4.78, 5) is 2.26. The van der Waals surface area contributed by atoms with E-state index in [9.17, 15) is 5.11 Å². The molecule has 2 rings (SSSR count). The van der Waals surface area contributed by atoms with Crippen molar-refractivity contribution in [3.63, 3.8) is 0 Å². The minimum atomic E-state index is 0.0649. The van der Waals surface area contributed by atoms with E-state index in [1.165, 1.54) is 11.3 Å². The monoisotopic (exact) mass is 319 g/mol. The number of aliphatic hydroxyl groups is 1. The molecule has 0 bridgehead atoms. The van der Waals surface area contributed by atoms with Gasteiger partial charge in [0.2, 0.25) is 0 Å². The predicted octanol–water partition coefficient (Wildman–Crippen LogP) is 4.41. The lowest BCUT2D eigenvalue weighted by molar-refractivity contribution is 0.282. The van der Waals surface area contributed by atoms with Gasteiger partial charge in [0.1, 0.15) is 0 Å². The summed E-state index contributed by atoms with van der Waals surface area (Å²) in [6.07, 6.45) is 0. The first-order chi connectivity index (χ1) is 9.17. The number of hydrogen-bond donors (Lipinski definition) is 1. The van der Waals surface area contributed by atoms with Crippen molar-refractivity contribution >= 4 is 27.3 Å². The summed E-state index contributed by atoms with van der Waals surface area (Å²) in [6, 6.07) is 14.3. The maximum Gasteiger partial charge on any atom is 0.0682 e. The van der Waals surface area contributed by atoms with Gasteiger partial charge in [-0.1, -0.05) is 24.3 Å². The zero-order chi connectivity index (χ0) is 13.8. The van der Waals surface area contributed by atoms with Crippen molar-refractivity contribution in [3.05, 3.63) is 58.1 Å². The minimum absolute atomic E-state index is 0.0649. The van der Waals surface area contributed by atoms with Gasteiger partial charge in [-0.15, -0.1) is 0 Å². The molecule has 2 nitrogen and oxygen atoms in total. The second kappa shape index (κ2) is 6.22. The summed E-state index contributed by atoms with van der Waals surface area (Å²) < 4.78 is 1.00. The van der Waals surface area contributed by atoms with E-state index in [2.05, 4.69) is 58.9 Å². The lowest BCUT2D eigenvalue weighted by atomic mass is 10.1. The molecule has 2 aromatic rings. The lowest BCUT2D eigenvalue weighted by Gasteiger charge is -2.26. The van der Waals surface area contributed by atoms with Gasteiger partial charge in [-0.05, 0) is 59.1 Å². The molecule has 3 heteroatoms. The molecule has 0 fully saturated rings. The third-order valence-electron chi connectivity index (χ3n) is 3.21. The van der Waals surface area contributed by atoms with E-state index in [4.69, 9.17) is 0 Å². The molecule has 2 aromatic carbocycles. The fraction of sp³-hybridized carbons (Fsp3) is 0.250. The first-order valence-electron chi connectivity index (χ1n) is 6.39. The third-order valence-corrected chi connectivity index (χ3v) is 3.84. The minimum Gasteiger partial charge on any atom is -0.392 e. The number of rotatable bonds is 4. The summed E-state index contributed by atoms with van der Waals surface area (Å²) in [5.74, 6) is 0. The molecule has 19 heavy (non-hydrogen) atoms. The molecule has 1 N–H and O–H groups in total. The Labute approximate surface area is 122 Å². The van der Waals surface area contributed by atoms with Gasteiger partial charge >= 0.3 is 0 Å². The van der Waals surface area contributed by atoms with Crippen molar-refractivity contribution in [1.29, 1.82) is 0 Å². The average Bonchev–Trinajstić information content (AvgIpc) is 2.43. The first-order valence-corrected chi connectivity index (χ1v) is 7.19. The highest BCUT2D eigenvalue weighted by Gasteiger charge is 2.12. The standard InChI is InChI=1S/C16H18BrNO/c1-3-18(15-7-5-4-6-12(15)2)16-9-8-13(11-19)10-14(16)17/h4-10,19H,3,11H2,1-2H3. The van der Waals surface area contributed by atoms with Crippen LogP contribution in [0.4, 0.5) is 11.4 Å².